The molecule has 1 saturated heterocycles. The Morgan fingerprint density at radius 1 is 1.44 bits per heavy atom. The predicted octanol–water partition coefficient (Wildman–Crippen LogP) is -0.284. The van der Waals surface area contributed by atoms with Gasteiger partial charge in [0.05, 0.1) is 6.61 Å². The van der Waals surface area contributed by atoms with Crippen molar-refractivity contribution in [2.45, 2.75) is 25.8 Å². The van der Waals surface area contributed by atoms with Gasteiger partial charge in [0, 0.05) is 26.1 Å². The molecule has 0 aromatic carbocycles. The van der Waals surface area contributed by atoms with Crippen LogP contribution in [0.15, 0.2) is 0 Å². The number of likely N-dealkylation sites (tertiary alicyclic amines) is 1. The molecule has 0 spiro atoms. The Morgan fingerprint density at radius 3 is 2.56 bits per heavy atom. The average molecular weight is 230 g/mol. The number of aliphatic hydroxyl groups excluding tert-OH is 1. The largest absolute Gasteiger partial charge is 0.447 e. The van der Waals surface area contributed by atoms with Gasteiger partial charge in [-0.25, -0.2) is 4.79 Å². The summed E-state index contributed by atoms with van der Waals surface area (Å²) in [6.07, 6.45) is 0.983. The number of ether oxygens (including phenoxy) is 1. The summed E-state index contributed by atoms with van der Waals surface area (Å²) in [5, 5.41) is 11.2. The van der Waals surface area contributed by atoms with Crippen LogP contribution in [0.4, 0.5) is 4.79 Å². The van der Waals surface area contributed by atoms with Crippen LogP contribution in [0.3, 0.4) is 0 Å². The third kappa shape index (κ3) is 4.06. The highest BCUT2D eigenvalue weighted by molar-refractivity contribution is 5.73. The van der Waals surface area contributed by atoms with Gasteiger partial charge in [-0.05, 0) is 12.8 Å². The topological polar surface area (TPSA) is 78.9 Å². The molecule has 0 aromatic heterocycles. The minimum Gasteiger partial charge on any atom is -0.447 e. The first-order valence-corrected chi connectivity index (χ1v) is 5.43. The van der Waals surface area contributed by atoms with E-state index < -0.39 is 6.09 Å². The molecule has 0 saturated carbocycles. The number of hydrogen-bond donors (Lipinski definition) is 2. The fraction of sp³-hybridized carbons (Fsp3) is 0.800. The number of aliphatic hydroxyl groups is 1. The van der Waals surface area contributed by atoms with E-state index in [0.717, 1.165) is 12.8 Å². The van der Waals surface area contributed by atoms with Gasteiger partial charge < -0.3 is 20.1 Å². The minimum absolute atomic E-state index is 0.0120. The standard InChI is InChI=1S/C10H18N2O4/c1-8(14)12-4-2-9(3-5-12)11-10(15)16-7-6-13/h9,13H,2-7H2,1H3,(H,11,15). The van der Waals surface area contributed by atoms with Crippen molar-refractivity contribution in [1.82, 2.24) is 10.2 Å². The van der Waals surface area contributed by atoms with Gasteiger partial charge in [-0.15, -0.1) is 0 Å². The van der Waals surface area contributed by atoms with E-state index in [1.54, 1.807) is 11.8 Å². The molecule has 1 aliphatic rings. The molecule has 1 aliphatic heterocycles. The molecule has 0 radical (unpaired) electrons. The highest BCUT2D eigenvalue weighted by Gasteiger charge is 2.22. The number of hydrogen-bond acceptors (Lipinski definition) is 4. The zero-order chi connectivity index (χ0) is 12.0. The number of nitrogens with one attached hydrogen (secondary N) is 1. The van der Waals surface area contributed by atoms with Crippen LogP contribution in [0.25, 0.3) is 0 Å². The van der Waals surface area contributed by atoms with E-state index in [0.29, 0.717) is 13.1 Å². The van der Waals surface area contributed by atoms with E-state index in [1.807, 2.05) is 0 Å². The van der Waals surface area contributed by atoms with Crippen LogP contribution >= 0.6 is 0 Å². The van der Waals surface area contributed by atoms with Gasteiger partial charge in [-0.1, -0.05) is 0 Å². The molecule has 6 heteroatoms. The van der Waals surface area contributed by atoms with Gasteiger partial charge in [0.25, 0.3) is 0 Å². The first-order valence-electron chi connectivity index (χ1n) is 5.43. The highest BCUT2D eigenvalue weighted by atomic mass is 16.6. The van der Waals surface area contributed by atoms with Crippen molar-refractivity contribution in [3.63, 3.8) is 0 Å². The van der Waals surface area contributed by atoms with E-state index in [9.17, 15) is 9.59 Å². The molecular weight excluding hydrogens is 212 g/mol. The Morgan fingerprint density at radius 2 is 2.06 bits per heavy atom. The van der Waals surface area contributed by atoms with Crippen molar-refractivity contribution in [2.24, 2.45) is 0 Å². The minimum atomic E-state index is -0.504. The fourth-order valence-corrected chi connectivity index (χ4v) is 1.69. The molecule has 1 fully saturated rings. The van der Waals surface area contributed by atoms with Gasteiger partial charge >= 0.3 is 6.09 Å². The Balaban J connectivity index is 2.21. The van der Waals surface area contributed by atoms with E-state index in [1.165, 1.54) is 0 Å². The number of carbonyl (C=O) groups is 2. The molecule has 0 aromatic rings. The van der Waals surface area contributed by atoms with Crippen LogP contribution in [-0.4, -0.2) is 54.4 Å². The summed E-state index contributed by atoms with van der Waals surface area (Å²) in [6, 6.07) is 0.0572. The lowest BCUT2D eigenvalue weighted by atomic mass is 10.1. The Hall–Kier alpha value is -1.30. The maximum absolute atomic E-state index is 11.2. The number of nitrogens with zero attached hydrogens (tertiary/aromatic N) is 1. The van der Waals surface area contributed by atoms with Gasteiger partial charge in [0.15, 0.2) is 0 Å². The maximum atomic E-state index is 11.2. The Kier molecular flexibility index (Phi) is 5.04. The molecule has 6 nitrogen and oxygen atoms in total. The number of piperidine rings is 1. The lowest BCUT2D eigenvalue weighted by Crippen LogP contribution is -2.46. The molecule has 0 bridgehead atoms. The van der Waals surface area contributed by atoms with Gasteiger partial charge in [-0.2, -0.15) is 0 Å². The van der Waals surface area contributed by atoms with Crippen LogP contribution in [0, 0.1) is 0 Å². The van der Waals surface area contributed by atoms with Gasteiger partial charge in [0.2, 0.25) is 5.91 Å². The van der Waals surface area contributed by atoms with Crippen LogP contribution in [0.5, 0.6) is 0 Å². The van der Waals surface area contributed by atoms with Gasteiger partial charge in [0.1, 0.15) is 6.61 Å². The lowest BCUT2D eigenvalue weighted by molar-refractivity contribution is -0.129. The van der Waals surface area contributed by atoms with E-state index in [2.05, 4.69) is 10.1 Å². The summed E-state index contributed by atoms with van der Waals surface area (Å²) in [6.45, 7) is 2.72. The van der Waals surface area contributed by atoms with Crippen molar-refractivity contribution in [3.05, 3.63) is 0 Å². The fourth-order valence-electron chi connectivity index (χ4n) is 1.69. The average Bonchev–Trinajstić information content (AvgIpc) is 2.27. The highest BCUT2D eigenvalue weighted by Crippen LogP contribution is 2.10. The molecule has 1 rings (SSSR count). The van der Waals surface area contributed by atoms with Crippen molar-refractivity contribution < 1.29 is 19.4 Å². The van der Waals surface area contributed by atoms with E-state index in [4.69, 9.17) is 5.11 Å². The summed E-state index contributed by atoms with van der Waals surface area (Å²) in [4.78, 5) is 24.0. The lowest BCUT2D eigenvalue weighted by Gasteiger charge is -2.31. The van der Waals surface area contributed by atoms with Gasteiger partial charge in [-0.3, -0.25) is 4.79 Å². The first kappa shape index (κ1) is 12.8. The third-order valence-electron chi connectivity index (χ3n) is 2.59. The predicted molar refractivity (Wildman–Crippen MR) is 56.8 cm³/mol. The molecule has 1 heterocycles. The molecule has 0 atom stereocenters. The normalized spacial score (nSPS) is 17.0. The second-order valence-corrected chi connectivity index (χ2v) is 3.78. The second-order valence-electron chi connectivity index (χ2n) is 3.78. The molecule has 2 N–H and O–H groups in total. The zero-order valence-electron chi connectivity index (χ0n) is 9.44. The SMILES string of the molecule is CC(=O)N1CCC(NC(=O)OCCO)CC1. The van der Waals surface area contributed by atoms with Crippen molar-refractivity contribution in [1.29, 1.82) is 0 Å². The summed E-state index contributed by atoms with van der Waals surface area (Å²) < 4.78 is 4.69. The summed E-state index contributed by atoms with van der Waals surface area (Å²) in [5.74, 6) is 0.0707. The summed E-state index contributed by atoms with van der Waals surface area (Å²) >= 11 is 0. The summed E-state index contributed by atoms with van der Waals surface area (Å²) in [5.41, 5.74) is 0. The molecule has 2 amide bonds. The van der Waals surface area contributed by atoms with Crippen LogP contribution in [0.1, 0.15) is 19.8 Å². The van der Waals surface area contributed by atoms with Crippen LogP contribution in [-0.2, 0) is 9.53 Å². The van der Waals surface area contributed by atoms with E-state index >= 15 is 0 Å². The van der Waals surface area contributed by atoms with Crippen molar-refractivity contribution >= 4 is 12.0 Å². The zero-order valence-corrected chi connectivity index (χ0v) is 9.44. The molecule has 0 unspecified atom stereocenters. The Labute approximate surface area is 94.6 Å². The quantitative estimate of drug-likeness (QED) is 0.698. The second kappa shape index (κ2) is 6.32. The number of rotatable bonds is 3. The number of carbonyl (C=O) groups excluding carboxylic acids is 2. The number of amides is 2. The molecular formula is C10H18N2O4. The monoisotopic (exact) mass is 230 g/mol. The maximum Gasteiger partial charge on any atom is 0.407 e. The van der Waals surface area contributed by atoms with E-state index in [-0.39, 0.29) is 25.2 Å². The smallest absolute Gasteiger partial charge is 0.407 e. The number of alkyl carbamates (subject to hydrolysis) is 1. The molecule has 0 aliphatic carbocycles. The first-order chi connectivity index (χ1) is 7.63. The molecule has 92 valence electrons. The van der Waals surface area contributed by atoms with Crippen LogP contribution < -0.4 is 5.32 Å². The van der Waals surface area contributed by atoms with Crippen LogP contribution in [0.2, 0.25) is 0 Å². The van der Waals surface area contributed by atoms with Crippen molar-refractivity contribution in [2.75, 3.05) is 26.3 Å². The third-order valence-corrected chi connectivity index (χ3v) is 2.59. The summed E-state index contributed by atoms with van der Waals surface area (Å²) in [7, 11) is 0. The molecule has 16 heavy (non-hydrogen) atoms. The van der Waals surface area contributed by atoms with Crippen molar-refractivity contribution in [3.8, 4) is 0 Å². The Bertz CT molecular complexity index is 249.